The zero-order valence-corrected chi connectivity index (χ0v) is 10.6. The standard InChI is InChI=1S/C14H12O3S/c1-17-11-8-5-9-12(13(11)14(15)16)18-10-6-3-2-4-7-10/h2-9H,1H3,(H,15,16). The average molecular weight is 260 g/mol. The first kappa shape index (κ1) is 12.5. The van der Waals surface area contributed by atoms with E-state index in [0.717, 1.165) is 4.90 Å². The maximum atomic E-state index is 11.3. The summed E-state index contributed by atoms with van der Waals surface area (Å²) in [7, 11) is 1.47. The molecule has 0 atom stereocenters. The Hall–Kier alpha value is -1.94. The van der Waals surface area contributed by atoms with Crippen molar-refractivity contribution in [3.05, 3.63) is 54.1 Å². The molecule has 0 amide bonds. The molecule has 0 fully saturated rings. The third-order valence-corrected chi connectivity index (χ3v) is 3.46. The number of rotatable bonds is 4. The van der Waals surface area contributed by atoms with Crippen LogP contribution in [-0.2, 0) is 0 Å². The van der Waals surface area contributed by atoms with Crippen molar-refractivity contribution in [2.75, 3.05) is 7.11 Å². The molecule has 2 rings (SSSR count). The lowest BCUT2D eigenvalue weighted by Gasteiger charge is -2.09. The molecule has 4 heteroatoms. The summed E-state index contributed by atoms with van der Waals surface area (Å²) in [6.07, 6.45) is 0. The van der Waals surface area contributed by atoms with Crippen LogP contribution in [-0.4, -0.2) is 18.2 Å². The quantitative estimate of drug-likeness (QED) is 0.913. The van der Waals surface area contributed by atoms with Crippen molar-refractivity contribution >= 4 is 17.7 Å². The Morgan fingerprint density at radius 2 is 1.83 bits per heavy atom. The minimum atomic E-state index is -0.981. The molecule has 0 bridgehead atoms. The van der Waals surface area contributed by atoms with Crippen LogP contribution in [0, 0.1) is 0 Å². The van der Waals surface area contributed by atoms with Gasteiger partial charge in [0.1, 0.15) is 11.3 Å². The number of ether oxygens (including phenoxy) is 1. The van der Waals surface area contributed by atoms with Gasteiger partial charge in [-0.3, -0.25) is 0 Å². The Kier molecular flexibility index (Phi) is 3.89. The van der Waals surface area contributed by atoms with Crippen LogP contribution >= 0.6 is 11.8 Å². The molecule has 0 aliphatic heterocycles. The van der Waals surface area contributed by atoms with Gasteiger partial charge in [-0.1, -0.05) is 36.0 Å². The summed E-state index contributed by atoms with van der Waals surface area (Å²) in [6.45, 7) is 0. The summed E-state index contributed by atoms with van der Waals surface area (Å²) in [5.74, 6) is -0.602. The fourth-order valence-electron chi connectivity index (χ4n) is 1.59. The van der Waals surface area contributed by atoms with Gasteiger partial charge in [0.05, 0.1) is 7.11 Å². The molecule has 0 aromatic heterocycles. The van der Waals surface area contributed by atoms with Crippen molar-refractivity contribution < 1.29 is 14.6 Å². The number of benzene rings is 2. The van der Waals surface area contributed by atoms with Crippen molar-refractivity contribution in [2.45, 2.75) is 9.79 Å². The molecule has 2 aromatic carbocycles. The van der Waals surface area contributed by atoms with Gasteiger partial charge in [-0.25, -0.2) is 4.79 Å². The van der Waals surface area contributed by atoms with Gasteiger partial charge in [-0.2, -0.15) is 0 Å². The van der Waals surface area contributed by atoms with Gasteiger partial charge in [-0.15, -0.1) is 0 Å². The first-order valence-corrected chi connectivity index (χ1v) is 6.17. The molecule has 18 heavy (non-hydrogen) atoms. The van der Waals surface area contributed by atoms with E-state index in [1.54, 1.807) is 18.2 Å². The van der Waals surface area contributed by atoms with E-state index in [9.17, 15) is 9.90 Å². The Bertz CT molecular complexity index is 552. The van der Waals surface area contributed by atoms with E-state index in [-0.39, 0.29) is 5.56 Å². The van der Waals surface area contributed by atoms with E-state index >= 15 is 0 Å². The summed E-state index contributed by atoms with van der Waals surface area (Å²) in [5.41, 5.74) is 0.203. The molecule has 3 nitrogen and oxygen atoms in total. The lowest BCUT2D eigenvalue weighted by molar-refractivity contribution is 0.0689. The van der Waals surface area contributed by atoms with E-state index in [0.29, 0.717) is 10.6 Å². The molecule has 0 spiro atoms. The van der Waals surface area contributed by atoms with Crippen molar-refractivity contribution in [3.63, 3.8) is 0 Å². The highest BCUT2D eigenvalue weighted by Crippen LogP contribution is 2.34. The maximum Gasteiger partial charge on any atom is 0.340 e. The van der Waals surface area contributed by atoms with Gasteiger partial charge in [-0.05, 0) is 24.3 Å². The first-order valence-electron chi connectivity index (χ1n) is 5.35. The minimum Gasteiger partial charge on any atom is -0.496 e. The zero-order valence-electron chi connectivity index (χ0n) is 9.79. The molecule has 1 N–H and O–H groups in total. The monoisotopic (exact) mass is 260 g/mol. The highest BCUT2D eigenvalue weighted by Gasteiger charge is 2.16. The van der Waals surface area contributed by atoms with Crippen LogP contribution in [0.1, 0.15) is 10.4 Å². The second-order valence-electron chi connectivity index (χ2n) is 3.55. The smallest absolute Gasteiger partial charge is 0.340 e. The molecule has 0 saturated carbocycles. The van der Waals surface area contributed by atoms with Gasteiger partial charge < -0.3 is 9.84 Å². The highest BCUT2D eigenvalue weighted by molar-refractivity contribution is 7.99. The lowest BCUT2D eigenvalue weighted by atomic mass is 10.2. The molecule has 2 aromatic rings. The fourth-order valence-corrected chi connectivity index (χ4v) is 2.58. The summed E-state index contributed by atoms with van der Waals surface area (Å²) in [4.78, 5) is 13.0. The van der Waals surface area contributed by atoms with Gasteiger partial charge in [0.15, 0.2) is 0 Å². The van der Waals surface area contributed by atoms with Gasteiger partial charge in [0.25, 0.3) is 0 Å². The average Bonchev–Trinajstić information content (AvgIpc) is 2.39. The van der Waals surface area contributed by atoms with Crippen molar-refractivity contribution in [3.8, 4) is 5.75 Å². The molecule has 0 aliphatic rings. The molecule has 92 valence electrons. The Morgan fingerprint density at radius 1 is 1.11 bits per heavy atom. The van der Waals surface area contributed by atoms with Crippen LogP contribution in [0.15, 0.2) is 58.3 Å². The van der Waals surface area contributed by atoms with Crippen molar-refractivity contribution in [1.82, 2.24) is 0 Å². The van der Waals surface area contributed by atoms with E-state index < -0.39 is 5.97 Å². The lowest BCUT2D eigenvalue weighted by Crippen LogP contribution is -2.02. The Balaban J connectivity index is 2.42. The Morgan fingerprint density at radius 3 is 2.44 bits per heavy atom. The predicted octanol–water partition coefficient (Wildman–Crippen LogP) is 3.54. The second kappa shape index (κ2) is 5.60. The van der Waals surface area contributed by atoms with E-state index in [1.165, 1.54) is 18.9 Å². The number of carboxylic acid groups (broad SMARTS) is 1. The van der Waals surface area contributed by atoms with Gasteiger partial charge in [0.2, 0.25) is 0 Å². The third kappa shape index (κ3) is 2.65. The zero-order chi connectivity index (χ0) is 13.0. The number of methoxy groups -OCH3 is 1. The van der Waals surface area contributed by atoms with Gasteiger partial charge >= 0.3 is 5.97 Å². The SMILES string of the molecule is COc1cccc(Sc2ccccc2)c1C(=O)O. The summed E-state index contributed by atoms with van der Waals surface area (Å²) < 4.78 is 5.09. The molecule has 0 saturated heterocycles. The van der Waals surface area contributed by atoms with Crippen LogP contribution in [0.25, 0.3) is 0 Å². The normalized spacial score (nSPS) is 10.1. The van der Waals surface area contributed by atoms with Crippen LogP contribution in [0.5, 0.6) is 5.75 Å². The molecule has 0 aliphatic carbocycles. The van der Waals surface area contributed by atoms with E-state index in [4.69, 9.17) is 4.74 Å². The van der Waals surface area contributed by atoms with Crippen LogP contribution < -0.4 is 4.74 Å². The predicted molar refractivity (Wildman–Crippen MR) is 70.5 cm³/mol. The van der Waals surface area contributed by atoms with E-state index in [2.05, 4.69) is 0 Å². The van der Waals surface area contributed by atoms with Crippen molar-refractivity contribution in [2.24, 2.45) is 0 Å². The first-order chi connectivity index (χ1) is 8.72. The molecule has 0 radical (unpaired) electrons. The van der Waals surface area contributed by atoms with Gasteiger partial charge in [0, 0.05) is 9.79 Å². The number of aromatic carboxylic acids is 1. The number of carbonyl (C=O) groups is 1. The maximum absolute atomic E-state index is 11.3. The van der Waals surface area contributed by atoms with Crippen LogP contribution in [0.2, 0.25) is 0 Å². The highest BCUT2D eigenvalue weighted by atomic mass is 32.2. The summed E-state index contributed by atoms with van der Waals surface area (Å²) in [6, 6.07) is 14.9. The summed E-state index contributed by atoms with van der Waals surface area (Å²) >= 11 is 1.41. The second-order valence-corrected chi connectivity index (χ2v) is 4.67. The largest absolute Gasteiger partial charge is 0.496 e. The molecular formula is C14H12O3S. The fraction of sp³-hybridized carbons (Fsp3) is 0.0714. The number of carboxylic acids is 1. The summed E-state index contributed by atoms with van der Waals surface area (Å²) in [5, 5.41) is 9.26. The molecular weight excluding hydrogens is 248 g/mol. The third-order valence-electron chi connectivity index (χ3n) is 2.39. The van der Waals surface area contributed by atoms with Crippen LogP contribution in [0.3, 0.4) is 0 Å². The van der Waals surface area contributed by atoms with Crippen LogP contribution in [0.4, 0.5) is 0 Å². The van der Waals surface area contributed by atoms with Crippen molar-refractivity contribution in [1.29, 1.82) is 0 Å². The molecule has 0 heterocycles. The Labute approximate surface area is 109 Å². The molecule has 0 unspecified atom stereocenters. The van der Waals surface area contributed by atoms with E-state index in [1.807, 2.05) is 30.3 Å². The minimum absolute atomic E-state index is 0.203. The number of hydrogen-bond acceptors (Lipinski definition) is 3. The topological polar surface area (TPSA) is 46.5 Å². The number of hydrogen-bond donors (Lipinski definition) is 1.